The summed E-state index contributed by atoms with van der Waals surface area (Å²) in [5.74, 6) is 1.52. The maximum atomic E-state index is 5.24. The zero-order chi connectivity index (χ0) is 15.9. The topological polar surface area (TPSA) is 62.3 Å². The van der Waals surface area contributed by atoms with Gasteiger partial charge in [-0.15, -0.1) is 0 Å². The minimum absolute atomic E-state index is 0.514. The largest absolute Gasteiger partial charge is 0.383 e. The van der Waals surface area contributed by atoms with Crippen molar-refractivity contribution in [2.24, 2.45) is 0 Å². The first kappa shape index (κ1) is 16.9. The van der Waals surface area contributed by atoms with Crippen LogP contribution in [0.1, 0.15) is 31.9 Å². The molecule has 0 spiro atoms. The lowest BCUT2D eigenvalue weighted by Crippen LogP contribution is -2.38. The number of anilines is 2. The molecule has 1 aliphatic heterocycles. The van der Waals surface area contributed by atoms with Gasteiger partial charge in [0.15, 0.2) is 5.11 Å². The van der Waals surface area contributed by atoms with Crippen molar-refractivity contribution in [2.45, 2.75) is 39.2 Å². The number of piperidine rings is 1. The van der Waals surface area contributed by atoms with E-state index in [1.165, 1.54) is 19.3 Å². The van der Waals surface area contributed by atoms with Gasteiger partial charge in [-0.2, -0.15) is 4.98 Å². The predicted molar refractivity (Wildman–Crippen MR) is 93.5 cm³/mol. The number of methoxy groups -OCH3 is 1. The Bertz CT molecular complexity index is 511. The maximum Gasteiger partial charge on any atom is 0.231 e. The number of aryl methyl sites for hydroxylation is 1. The van der Waals surface area contributed by atoms with Crippen LogP contribution in [0.4, 0.5) is 11.8 Å². The fourth-order valence-corrected chi connectivity index (χ4v) is 2.80. The Labute approximate surface area is 137 Å². The molecule has 0 saturated carbocycles. The summed E-state index contributed by atoms with van der Waals surface area (Å²) in [6, 6.07) is 2.55. The predicted octanol–water partition coefficient (Wildman–Crippen LogP) is 2.10. The van der Waals surface area contributed by atoms with E-state index < -0.39 is 0 Å². The van der Waals surface area contributed by atoms with Crippen molar-refractivity contribution in [3.8, 4) is 0 Å². The van der Waals surface area contributed by atoms with Crippen LogP contribution in [0.25, 0.3) is 0 Å². The molecule has 0 amide bonds. The number of nitrogens with one attached hydrogen (secondary N) is 2. The van der Waals surface area contributed by atoms with Crippen molar-refractivity contribution < 1.29 is 4.74 Å². The molecule has 0 aliphatic carbocycles. The number of hydrogen-bond acceptors (Lipinski definition) is 5. The van der Waals surface area contributed by atoms with Gasteiger partial charge in [-0.25, -0.2) is 4.98 Å². The van der Waals surface area contributed by atoms with Crippen molar-refractivity contribution in [3.05, 3.63) is 11.8 Å². The number of nitrogens with zero attached hydrogens (tertiary/aromatic N) is 3. The van der Waals surface area contributed by atoms with E-state index in [2.05, 4.69) is 32.4 Å². The lowest BCUT2D eigenvalue weighted by molar-refractivity contribution is 0.204. The number of rotatable bonds is 5. The molecule has 6 nitrogen and oxygen atoms in total. The van der Waals surface area contributed by atoms with Crippen LogP contribution in [0.15, 0.2) is 6.07 Å². The molecule has 1 aromatic rings. The zero-order valence-electron chi connectivity index (χ0n) is 13.6. The van der Waals surface area contributed by atoms with Crippen molar-refractivity contribution in [1.29, 1.82) is 0 Å². The van der Waals surface area contributed by atoms with Gasteiger partial charge >= 0.3 is 0 Å². The molecule has 0 bridgehead atoms. The first-order valence-electron chi connectivity index (χ1n) is 7.76. The summed E-state index contributed by atoms with van der Waals surface area (Å²) in [5, 5.41) is 6.63. The van der Waals surface area contributed by atoms with Gasteiger partial charge in [-0.1, -0.05) is 0 Å². The van der Waals surface area contributed by atoms with Gasteiger partial charge in [0.2, 0.25) is 5.95 Å². The maximum absolute atomic E-state index is 5.24. The van der Waals surface area contributed by atoms with Crippen LogP contribution in [-0.2, 0) is 4.74 Å². The molecule has 2 heterocycles. The Morgan fingerprint density at radius 2 is 2.27 bits per heavy atom. The van der Waals surface area contributed by atoms with E-state index in [4.69, 9.17) is 17.0 Å². The van der Waals surface area contributed by atoms with Gasteiger partial charge in [0.25, 0.3) is 0 Å². The molecule has 1 fully saturated rings. The number of aromatic nitrogens is 2. The molecule has 0 unspecified atom stereocenters. The third kappa shape index (κ3) is 4.78. The molecular weight excluding hydrogens is 298 g/mol. The van der Waals surface area contributed by atoms with Crippen LogP contribution in [0, 0.1) is 6.92 Å². The van der Waals surface area contributed by atoms with Crippen molar-refractivity contribution >= 4 is 29.1 Å². The van der Waals surface area contributed by atoms with Gasteiger partial charge in [0.05, 0.1) is 6.61 Å². The first-order valence-corrected chi connectivity index (χ1v) is 8.17. The molecular formula is C15H25N5OS. The average Bonchev–Trinajstić information content (AvgIpc) is 2.47. The molecule has 1 aromatic heterocycles. The standard InChI is InChI=1S/C15H25N5OS/c1-11-10-13(20-8-5-4-6-12(20)2)18-14(17-11)19-15(22)16-7-9-21-3/h10,12H,4-9H2,1-3H3,(H2,16,17,18,19,22)/t12-/m1/s1. The summed E-state index contributed by atoms with van der Waals surface area (Å²) in [6.07, 6.45) is 3.72. The highest BCUT2D eigenvalue weighted by molar-refractivity contribution is 7.80. The monoisotopic (exact) mass is 323 g/mol. The highest BCUT2D eigenvalue weighted by Gasteiger charge is 2.20. The highest BCUT2D eigenvalue weighted by atomic mass is 32.1. The fraction of sp³-hybridized carbons (Fsp3) is 0.667. The van der Waals surface area contributed by atoms with Crippen LogP contribution >= 0.6 is 12.2 Å². The van der Waals surface area contributed by atoms with E-state index in [9.17, 15) is 0 Å². The normalized spacial score (nSPS) is 18.1. The number of hydrogen-bond donors (Lipinski definition) is 2. The Morgan fingerprint density at radius 3 is 3.00 bits per heavy atom. The molecule has 0 radical (unpaired) electrons. The third-order valence-corrected chi connectivity index (χ3v) is 4.00. The lowest BCUT2D eigenvalue weighted by atomic mass is 10.0. The van der Waals surface area contributed by atoms with Crippen LogP contribution < -0.4 is 15.5 Å². The van der Waals surface area contributed by atoms with Crippen molar-refractivity contribution in [3.63, 3.8) is 0 Å². The fourth-order valence-electron chi connectivity index (χ4n) is 2.61. The van der Waals surface area contributed by atoms with Crippen LogP contribution in [0.3, 0.4) is 0 Å². The van der Waals surface area contributed by atoms with Gasteiger partial charge in [0.1, 0.15) is 5.82 Å². The summed E-state index contributed by atoms with van der Waals surface area (Å²) in [5.41, 5.74) is 0.935. The Morgan fingerprint density at radius 1 is 1.45 bits per heavy atom. The first-order chi connectivity index (χ1) is 10.6. The molecule has 1 aliphatic rings. The van der Waals surface area contributed by atoms with Gasteiger partial charge in [-0.3, -0.25) is 0 Å². The second-order valence-electron chi connectivity index (χ2n) is 5.60. The molecule has 2 rings (SSSR count). The summed E-state index contributed by atoms with van der Waals surface area (Å²) in [4.78, 5) is 11.4. The van der Waals surface area contributed by atoms with E-state index in [0.717, 1.165) is 18.1 Å². The molecule has 1 saturated heterocycles. The third-order valence-electron chi connectivity index (χ3n) is 3.76. The highest BCUT2D eigenvalue weighted by Crippen LogP contribution is 2.24. The molecule has 2 N–H and O–H groups in total. The quantitative estimate of drug-likeness (QED) is 0.635. The van der Waals surface area contributed by atoms with Gasteiger partial charge < -0.3 is 20.3 Å². The average molecular weight is 323 g/mol. The van der Waals surface area contributed by atoms with Crippen molar-refractivity contribution in [2.75, 3.05) is 37.0 Å². The lowest BCUT2D eigenvalue weighted by Gasteiger charge is -2.34. The summed E-state index contributed by atoms with van der Waals surface area (Å²) in [6.45, 7) is 6.54. The molecule has 22 heavy (non-hydrogen) atoms. The zero-order valence-corrected chi connectivity index (χ0v) is 14.4. The SMILES string of the molecule is COCCNC(=S)Nc1nc(C)cc(N2CCCC[C@H]2C)n1. The van der Waals surface area contributed by atoms with Gasteiger partial charge in [0, 0.05) is 38.0 Å². The minimum Gasteiger partial charge on any atom is -0.383 e. The Hall–Kier alpha value is -1.47. The van der Waals surface area contributed by atoms with Crippen LogP contribution in [0.2, 0.25) is 0 Å². The Kier molecular flexibility index (Phi) is 6.33. The van der Waals surface area contributed by atoms with E-state index in [1.807, 2.05) is 13.0 Å². The van der Waals surface area contributed by atoms with E-state index >= 15 is 0 Å². The number of ether oxygens (including phenoxy) is 1. The van der Waals surface area contributed by atoms with Gasteiger partial charge in [-0.05, 0) is 45.3 Å². The summed E-state index contributed by atoms with van der Waals surface area (Å²) in [7, 11) is 1.66. The van der Waals surface area contributed by atoms with Crippen LogP contribution in [-0.4, -0.2) is 47.9 Å². The van der Waals surface area contributed by atoms with E-state index in [-0.39, 0.29) is 0 Å². The second kappa shape index (κ2) is 8.24. The molecule has 7 heteroatoms. The molecule has 1 atom stereocenters. The smallest absolute Gasteiger partial charge is 0.231 e. The van der Waals surface area contributed by atoms with Crippen LogP contribution in [0.5, 0.6) is 0 Å². The molecule has 122 valence electrons. The minimum atomic E-state index is 0.514. The van der Waals surface area contributed by atoms with Crippen molar-refractivity contribution in [1.82, 2.24) is 15.3 Å². The van der Waals surface area contributed by atoms with E-state index in [1.54, 1.807) is 7.11 Å². The second-order valence-corrected chi connectivity index (χ2v) is 6.01. The Balaban J connectivity index is 2.04. The number of thiocarbonyl (C=S) groups is 1. The summed E-state index contributed by atoms with van der Waals surface area (Å²) < 4.78 is 4.98. The van der Waals surface area contributed by atoms with E-state index in [0.29, 0.717) is 30.3 Å². The molecule has 0 aromatic carbocycles. The summed E-state index contributed by atoms with van der Waals surface area (Å²) >= 11 is 5.24.